The van der Waals surface area contributed by atoms with Crippen molar-refractivity contribution in [3.63, 3.8) is 0 Å². The number of likely N-dealkylation sites (N-methyl/N-ethyl adjacent to an activating group) is 1. The van der Waals surface area contributed by atoms with Gasteiger partial charge in [-0.2, -0.15) is 0 Å². The molecule has 2 rings (SSSR count). The average Bonchev–Trinajstić information content (AvgIpc) is 2.76. The highest BCUT2D eigenvalue weighted by molar-refractivity contribution is 7.92. The van der Waals surface area contributed by atoms with Gasteiger partial charge < -0.3 is 10.2 Å². The summed E-state index contributed by atoms with van der Waals surface area (Å²) in [6, 6.07) is 11.5. The summed E-state index contributed by atoms with van der Waals surface area (Å²) in [7, 11) is -3.59. The molecule has 0 aliphatic rings. The number of carbonyl (C=O) groups excluding carboxylic acids is 2. The molecule has 0 heterocycles. The topological polar surface area (TPSA) is 86.8 Å². The molecule has 2 amide bonds. The minimum absolute atomic E-state index is 0.0654. The number of amides is 2. The van der Waals surface area contributed by atoms with Gasteiger partial charge in [0.1, 0.15) is 6.04 Å². The molecule has 0 saturated heterocycles. The predicted octanol–water partition coefficient (Wildman–Crippen LogP) is 4.40. The van der Waals surface area contributed by atoms with E-state index in [1.54, 1.807) is 50.2 Å². The first-order valence-corrected chi connectivity index (χ1v) is 13.6. The van der Waals surface area contributed by atoms with Crippen LogP contribution in [-0.2, 0) is 26.2 Å². The number of hydrogen-bond donors (Lipinski definition) is 1. The molecule has 0 aliphatic carbocycles. The van der Waals surface area contributed by atoms with Gasteiger partial charge in [-0.3, -0.25) is 13.9 Å². The molecule has 10 heteroatoms. The van der Waals surface area contributed by atoms with Gasteiger partial charge in [-0.1, -0.05) is 41.4 Å². The van der Waals surface area contributed by atoms with E-state index in [1.807, 2.05) is 13.0 Å². The minimum Gasteiger partial charge on any atom is -0.355 e. The van der Waals surface area contributed by atoms with Gasteiger partial charge in [-0.25, -0.2) is 8.42 Å². The van der Waals surface area contributed by atoms with Gasteiger partial charge in [0.2, 0.25) is 21.8 Å². The molecule has 1 N–H and O–H groups in total. The Labute approximate surface area is 212 Å². The van der Waals surface area contributed by atoms with Gasteiger partial charge in [0.15, 0.2) is 0 Å². The fourth-order valence-electron chi connectivity index (χ4n) is 3.59. The van der Waals surface area contributed by atoms with Crippen LogP contribution in [0.3, 0.4) is 0 Å². The van der Waals surface area contributed by atoms with Crippen molar-refractivity contribution in [2.75, 3.05) is 23.7 Å². The van der Waals surface area contributed by atoms with E-state index in [-0.39, 0.29) is 37.7 Å². The number of hydrogen-bond acceptors (Lipinski definition) is 4. The van der Waals surface area contributed by atoms with Crippen LogP contribution in [0.1, 0.15) is 37.8 Å². The monoisotopic (exact) mass is 527 g/mol. The van der Waals surface area contributed by atoms with Crippen LogP contribution in [0.2, 0.25) is 10.0 Å². The number of benzene rings is 2. The Morgan fingerprint density at radius 1 is 1.12 bits per heavy atom. The van der Waals surface area contributed by atoms with Gasteiger partial charge >= 0.3 is 0 Å². The van der Waals surface area contributed by atoms with Crippen LogP contribution in [0.15, 0.2) is 42.5 Å². The number of nitrogens with zero attached hydrogens (tertiary/aromatic N) is 2. The molecule has 2 aromatic rings. The maximum absolute atomic E-state index is 13.2. The Hall–Kier alpha value is -2.29. The predicted molar refractivity (Wildman–Crippen MR) is 138 cm³/mol. The zero-order chi connectivity index (χ0) is 25.5. The van der Waals surface area contributed by atoms with Crippen LogP contribution in [-0.4, -0.2) is 50.5 Å². The highest BCUT2D eigenvalue weighted by atomic mass is 35.5. The normalized spacial score (nSPS) is 12.2. The third-order valence-electron chi connectivity index (χ3n) is 5.42. The summed E-state index contributed by atoms with van der Waals surface area (Å²) in [5, 5.41) is 3.75. The number of carbonyl (C=O) groups is 2. The molecule has 1 atom stereocenters. The van der Waals surface area contributed by atoms with E-state index in [1.165, 1.54) is 9.21 Å². The van der Waals surface area contributed by atoms with Crippen LogP contribution in [0.25, 0.3) is 0 Å². The molecule has 0 bridgehead atoms. The number of halogens is 2. The van der Waals surface area contributed by atoms with Crippen molar-refractivity contribution in [3.05, 3.63) is 63.6 Å². The lowest BCUT2D eigenvalue weighted by Crippen LogP contribution is -2.47. The van der Waals surface area contributed by atoms with Crippen LogP contribution in [0, 0.1) is 6.92 Å². The SMILES string of the molecule is CCNC(=O)C(C)N(Cc1cccc(Cl)c1)C(=O)CCCN(c1cccc(Cl)c1C)S(C)(=O)=O. The van der Waals surface area contributed by atoms with E-state index in [4.69, 9.17) is 23.2 Å². The van der Waals surface area contributed by atoms with Gasteiger partial charge in [0, 0.05) is 36.1 Å². The molecule has 0 radical (unpaired) electrons. The maximum atomic E-state index is 13.2. The molecule has 1 unspecified atom stereocenters. The Morgan fingerprint density at radius 2 is 1.79 bits per heavy atom. The highest BCUT2D eigenvalue weighted by Gasteiger charge is 2.26. The van der Waals surface area contributed by atoms with Gasteiger partial charge in [-0.15, -0.1) is 0 Å². The fraction of sp³-hybridized carbons (Fsp3) is 0.417. The fourth-order valence-corrected chi connectivity index (χ4v) is 4.98. The second kappa shape index (κ2) is 12.4. The van der Waals surface area contributed by atoms with Crippen molar-refractivity contribution in [1.82, 2.24) is 10.2 Å². The Kier molecular flexibility index (Phi) is 10.2. The molecule has 0 fully saturated rings. The zero-order valence-electron chi connectivity index (χ0n) is 19.8. The second-order valence-electron chi connectivity index (χ2n) is 8.04. The van der Waals surface area contributed by atoms with Crippen molar-refractivity contribution in [2.24, 2.45) is 0 Å². The van der Waals surface area contributed by atoms with Crippen molar-refractivity contribution >= 4 is 50.7 Å². The summed E-state index contributed by atoms with van der Waals surface area (Å²) in [6.07, 6.45) is 1.46. The number of anilines is 1. The third kappa shape index (κ3) is 7.61. The van der Waals surface area contributed by atoms with E-state index in [0.29, 0.717) is 27.8 Å². The smallest absolute Gasteiger partial charge is 0.242 e. The lowest BCUT2D eigenvalue weighted by Gasteiger charge is -2.29. The summed E-state index contributed by atoms with van der Waals surface area (Å²) < 4.78 is 26.2. The maximum Gasteiger partial charge on any atom is 0.242 e. The van der Waals surface area contributed by atoms with Crippen LogP contribution >= 0.6 is 23.2 Å². The molecule has 186 valence electrons. The van der Waals surface area contributed by atoms with Gasteiger partial charge in [-0.05, 0) is 62.6 Å². The number of nitrogens with one attached hydrogen (secondary N) is 1. The van der Waals surface area contributed by atoms with Crippen molar-refractivity contribution < 1.29 is 18.0 Å². The first kappa shape index (κ1) is 28.0. The molecule has 0 saturated carbocycles. The Morgan fingerprint density at radius 3 is 2.41 bits per heavy atom. The van der Waals surface area contributed by atoms with Crippen molar-refractivity contribution in [3.8, 4) is 0 Å². The highest BCUT2D eigenvalue weighted by Crippen LogP contribution is 2.28. The summed E-state index contributed by atoms with van der Waals surface area (Å²) in [4.78, 5) is 27.2. The largest absolute Gasteiger partial charge is 0.355 e. The molecule has 0 aromatic heterocycles. The molecule has 0 aliphatic heterocycles. The minimum atomic E-state index is -3.59. The van der Waals surface area contributed by atoms with Gasteiger partial charge in [0.05, 0.1) is 11.9 Å². The average molecular weight is 529 g/mol. The Balaban J connectivity index is 2.19. The van der Waals surface area contributed by atoms with Crippen LogP contribution in [0.5, 0.6) is 0 Å². The first-order valence-electron chi connectivity index (χ1n) is 11.0. The third-order valence-corrected chi connectivity index (χ3v) is 7.24. The van der Waals surface area contributed by atoms with E-state index in [0.717, 1.165) is 11.8 Å². The van der Waals surface area contributed by atoms with E-state index in [9.17, 15) is 18.0 Å². The molecule has 7 nitrogen and oxygen atoms in total. The molecular weight excluding hydrogens is 497 g/mol. The lowest BCUT2D eigenvalue weighted by molar-refractivity contribution is -0.140. The van der Waals surface area contributed by atoms with Crippen molar-refractivity contribution in [1.29, 1.82) is 0 Å². The van der Waals surface area contributed by atoms with E-state index in [2.05, 4.69) is 5.32 Å². The van der Waals surface area contributed by atoms with Crippen molar-refractivity contribution in [2.45, 2.75) is 46.2 Å². The summed E-state index contributed by atoms with van der Waals surface area (Å²) >= 11 is 12.3. The molecular formula is C24H31Cl2N3O4S. The molecule has 34 heavy (non-hydrogen) atoms. The summed E-state index contributed by atoms with van der Waals surface area (Å²) in [5.41, 5.74) is 1.92. The van der Waals surface area contributed by atoms with E-state index < -0.39 is 16.1 Å². The Bertz CT molecular complexity index is 1120. The molecule has 0 spiro atoms. The summed E-state index contributed by atoms with van der Waals surface area (Å²) in [5.74, 6) is -0.514. The summed E-state index contributed by atoms with van der Waals surface area (Å²) in [6.45, 7) is 6.00. The first-order chi connectivity index (χ1) is 16.0. The van der Waals surface area contributed by atoms with Crippen LogP contribution in [0.4, 0.5) is 5.69 Å². The van der Waals surface area contributed by atoms with E-state index >= 15 is 0 Å². The quantitative estimate of drug-likeness (QED) is 0.469. The van der Waals surface area contributed by atoms with Crippen LogP contribution < -0.4 is 9.62 Å². The zero-order valence-corrected chi connectivity index (χ0v) is 22.2. The number of rotatable bonds is 11. The standard InChI is InChI=1S/C24H31Cl2N3O4S/c1-5-27-24(31)18(3)28(16-19-9-6-10-20(25)15-19)23(30)13-8-14-29(34(4,32)33)22-12-7-11-21(26)17(22)2/h6-7,9-12,15,18H,5,8,13-14,16H2,1-4H3,(H,27,31). The second-order valence-corrected chi connectivity index (χ2v) is 10.8. The molecule has 2 aromatic carbocycles. The number of sulfonamides is 1. The lowest BCUT2D eigenvalue weighted by atomic mass is 10.1. The van der Waals surface area contributed by atoms with Gasteiger partial charge in [0.25, 0.3) is 0 Å².